The van der Waals surface area contributed by atoms with Crippen LogP contribution in [0.1, 0.15) is 48.5 Å². The van der Waals surface area contributed by atoms with E-state index in [9.17, 15) is 9.90 Å². The molecule has 0 aromatic heterocycles. The number of hydrogen-bond acceptors (Lipinski definition) is 3. The average molecular weight is 274 g/mol. The van der Waals surface area contributed by atoms with Gasteiger partial charge in [0.25, 0.3) is 5.91 Å². The summed E-state index contributed by atoms with van der Waals surface area (Å²) in [4.78, 5) is 12.4. The van der Waals surface area contributed by atoms with Crippen molar-refractivity contribution < 1.29 is 9.90 Å². The zero-order valence-electron chi connectivity index (χ0n) is 11.9. The van der Waals surface area contributed by atoms with Gasteiger partial charge >= 0.3 is 0 Å². The third kappa shape index (κ3) is 2.85. The van der Waals surface area contributed by atoms with Crippen LogP contribution in [0, 0.1) is 0 Å². The normalized spacial score (nSPS) is 16.9. The number of nitrogens with one attached hydrogen (secondary N) is 1. The van der Waals surface area contributed by atoms with Crippen molar-refractivity contribution in [2.24, 2.45) is 0 Å². The van der Waals surface area contributed by atoms with Crippen LogP contribution in [0.25, 0.3) is 5.57 Å². The number of carbonyl (C=O) groups is 1. The summed E-state index contributed by atoms with van der Waals surface area (Å²) >= 11 is 0. The van der Waals surface area contributed by atoms with Gasteiger partial charge in [-0.15, -0.1) is 0 Å². The van der Waals surface area contributed by atoms with E-state index in [1.807, 2.05) is 6.92 Å². The molecule has 1 aliphatic carbocycles. The molecule has 0 bridgehead atoms. The molecule has 0 unspecified atom stereocenters. The topological polar surface area (TPSA) is 75.3 Å². The Hall–Kier alpha value is -1.81. The average Bonchev–Trinajstić information content (AvgIpc) is 2.88. The van der Waals surface area contributed by atoms with Gasteiger partial charge in [0.1, 0.15) is 0 Å². The fourth-order valence-corrected chi connectivity index (χ4v) is 2.75. The number of aliphatic hydroxyl groups is 1. The molecule has 1 fully saturated rings. The molecule has 4 N–H and O–H groups in total. The van der Waals surface area contributed by atoms with Gasteiger partial charge in [-0.05, 0) is 43.5 Å². The summed E-state index contributed by atoms with van der Waals surface area (Å²) in [7, 11) is 0. The molecule has 1 aromatic rings. The van der Waals surface area contributed by atoms with Gasteiger partial charge in [-0.25, -0.2) is 0 Å². The van der Waals surface area contributed by atoms with Gasteiger partial charge in [-0.3, -0.25) is 4.79 Å². The number of carbonyl (C=O) groups excluding carboxylic acids is 1. The first-order valence-corrected chi connectivity index (χ1v) is 6.96. The molecule has 2 rings (SSSR count). The van der Waals surface area contributed by atoms with E-state index in [2.05, 4.69) is 11.9 Å². The van der Waals surface area contributed by atoms with Crippen molar-refractivity contribution in [3.8, 4) is 0 Å². The van der Waals surface area contributed by atoms with Crippen molar-refractivity contribution in [2.75, 3.05) is 12.3 Å². The predicted octanol–water partition coefficient (Wildman–Crippen LogP) is 2.34. The first-order valence-electron chi connectivity index (χ1n) is 6.96. The summed E-state index contributed by atoms with van der Waals surface area (Å²) < 4.78 is 0. The zero-order valence-corrected chi connectivity index (χ0v) is 11.9. The summed E-state index contributed by atoms with van der Waals surface area (Å²) in [6.45, 7) is 5.72. The molecule has 1 aromatic carbocycles. The van der Waals surface area contributed by atoms with Crippen molar-refractivity contribution in [1.82, 2.24) is 5.32 Å². The van der Waals surface area contributed by atoms with Crippen LogP contribution in [-0.2, 0) is 0 Å². The van der Waals surface area contributed by atoms with Crippen molar-refractivity contribution in [3.63, 3.8) is 0 Å². The van der Waals surface area contributed by atoms with Crippen molar-refractivity contribution >= 4 is 17.2 Å². The lowest BCUT2D eigenvalue weighted by atomic mass is 9.97. The Morgan fingerprint density at radius 2 is 2.10 bits per heavy atom. The number of amides is 1. The first-order chi connectivity index (χ1) is 9.47. The van der Waals surface area contributed by atoms with Gasteiger partial charge in [0.15, 0.2) is 0 Å². The summed E-state index contributed by atoms with van der Waals surface area (Å²) in [5.74, 6) is -0.163. The molecule has 4 heteroatoms. The Balaban J connectivity index is 2.21. The van der Waals surface area contributed by atoms with E-state index in [1.165, 1.54) is 0 Å². The summed E-state index contributed by atoms with van der Waals surface area (Å²) in [5, 5.41) is 12.5. The first kappa shape index (κ1) is 14.6. The predicted molar refractivity (Wildman–Crippen MR) is 81.3 cm³/mol. The second kappa shape index (κ2) is 5.67. The van der Waals surface area contributed by atoms with Crippen LogP contribution in [0.4, 0.5) is 5.69 Å². The second-order valence-corrected chi connectivity index (χ2v) is 5.68. The number of hydrogen-bond donors (Lipinski definition) is 3. The quantitative estimate of drug-likeness (QED) is 0.738. The number of nitrogen functional groups attached to an aromatic ring is 1. The van der Waals surface area contributed by atoms with E-state index in [-0.39, 0.29) is 12.5 Å². The number of nitrogens with two attached hydrogens (primary N) is 1. The lowest BCUT2D eigenvalue weighted by Crippen LogP contribution is -2.49. The van der Waals surface area contributed by atoms with Gasteiger partial charge in [-0.2, -0.15) is 0 Å². The second-order valence-electron chi connectivity index (χ2n) is 5.68. The number of rotatable bonds is 4. The maximum Gasteiger partial charge on any atom is 0.251 e. The Morgan fingerprint density at radius 1 is 1.45 bits per heavy atom. The zero-order chi connectivity index (χ0) is 14.8. The van der Waals surface area contributed by atoms with Crippen LogP contribution in [-0.4, -0.2) is 23.2 Å². The van der Waals surface area contributed by atoms with Crippen molar-refractivity contribution in [2.45, 2.75) is 38.1 Å². The van der Waals surface area contributed by atoms with Gasteiger partial charge < -0.3 is 16.2 Å². The number of benzene rings is 1. The van der Waals surface area contributed by atoms with Gasteiger partial charge in [0.05, 0.1) is 12.1 Å². The van der Waals surface area contributed by atoms with Crippen LogP contribution >= 0.6 is 0 Å². The molecule has 0 radical (unpaired) electrons. The molecule has 0 saturated heterocycles. The van der Waals surface area contributed by atoms with Crippen LogP contribution in [0.2, 0.25) is 0 Å². The van der Waals surface area contributed by atoms with E-state index in [0.29, 0.717) is 11.3 Å². The third-order valence-corrected chi connectivity index (χ3v) is 4.02. The van der Waals surface area contributed by atoms with Crippen LogP contribution in [0.15, 0.2) is 24.8 Å². The Labute approximate surface area is 119 Å². The Morgan fingerprint density at radius 3 is 2.65 bits per heavy atom. The van der Waals surface area contributed by atoms with Crippen LogP contribution < -0.4 is 11.1 Å². The molecule has 0 heterocycles. The smallest absolute Gasteiger partial charge is 0.251 e. The monoisotopic (exact) mass is 274 g/mol. The highest BCUT2D eigenvalue weighted by molar-refractivity contribution is 5.96. The minimum absolute atomic E-state index is 0.0128. The number of allylic oxidation sites excluding steroid dienone is 1. The molecule has 1 saturated carbocycles. The van der Waals surface area contributed by atoms with Crippen molar-refractivity contribution in [3.05, 3.63) is 35.9 Å². The number of aliphatic hydroxyl groups excluding tert-OH is 1. The molecule has 4 nitrogen and oxygen atoms in total. The van der Waals surface area contributed by atoms with Gasteiger partial charge in [-0.1, -0.05) is 19.4 Å². The van der Waals surface area contributed by atoms with E-state index in [4.69, 9.17) is 5.73 Å². The Kier molecular flexibility index (Phi) is 4.14. The molecular weight excluding hydrogens is 252 g/mol. The number of anilines is 1. The van der Waals surface area contributed by atoms with Gasteiger partial charge in [0, 0.05) is 16.8 Å². The van der Waals surface area contributed by atoms with E-state index in [0.717, 1.165) is 36.8 Å². The fraction of sp³-hybridized carbons (Fsp3) is 0.438. The lowest BCUT2D eigenvalue weighted by molar-refractivity contribution is 0.0838. The van der Waals surface area contributed by atoms with E-state index >= 15 is 0 Å². The lowest BCUT2D eigenvalue weighted by Gasteiger charge is -2.28. The molecule has 0 aliphatic heterocycles. The molecule has 108 valence electrons. The Bertz CT molecular complexity index is 531. The minimum Gasteiger partial charge on any atom is -0.398 e. The minimum atomic E-state index is -0.456. The largest absolute Gasteiger partial charge is 0.398 e. The molecule has 0 atom stereocenters. The standard InChI is InChI=1S/C16H22N2O2/c1-11(2)13-9-12(5-6-14(13)17)15(20)18-16(10-19)7-3-4-8-16/h5-6,9,19H,1,3-4,7-8,10,17H2,2H3,(H,18,20). The van der Waals surface area contributed by atoms with E-state index < -0.39 is 5.54 Å². The molecular formula is C16H22N2O2. The SMILES string of the molecule is C=C(C)c1cc(C(=O)NC2(CO)CCCC2)ccc1N. The maximum atomic E-state index is 12.4. The van der Waals surface area contributed by atoms with Crippen LogP contribution in [0.3, 0.4) is 0 Å². The fourth-order valence-electron chi connectivity index (χ4n) is 2.75. The highest BCUT2D eigenvalue weighted by atomic mass is 16.3. The highest BCUT2D eigenvalue weighted by Crippen LogP contribution is 2.30. The molecule has 1 aliphatic rings. The molecule has 1 amide bonds. The summed E-state index contributed by atoms with van der Waals surface area (Å²) in [6, 6.07) is 5.18. The van der Waals surface area contributed by atoms with Gasteiger partial charge in [0.2, 0.25) is 0 Å². The molecule has 20 heavy (non-hydrogen) atoms. The highest BCUT2D eigenvalue weighted by Gasteiger charge is 2.34. The summed E-state index contributed by atoms with van der Waals surface area (Å²) in [6.07, 6.45) is 3.74. The third-order valence-electron chi connectivity index (χ3n) is 4.02. The molecule has 0 spiro atoms. The van der Waals surface area contributed by atoms with E-state index in [1.54, 1.807) is 18.2 Å². The van der Waals surface area contributed by atoms with Crippen molar-refractivity contribution in [1.29, 1.82) is 0 Å². The maximum absolute atomic E-state index is 12.4. The van der Waals surface area contributed by atoms with Crippen LogP contribution in [0.5, 0.6) is 0 Å². The summed E-state index contributed by atoms with van der Waals surface area (Å²) in [5.41, 5.74) is 8.21.